The number of fused-ring (bicyclic) bond motifs is 2. The van der Waals surface area contributed by atoms with Gasteiger partial charge in [-0.2, -0.15) is 0 Å². The molecule has 2 saturated heterocycles. The van der Waals surface area contributed by atoms with Gasteiger partial charge in [0.25, 0.3) is 0 Å². The first-order valence-electron chi connectivity index (χ1n) is 13.1. The Kier molecular flexibility index (Phi) is 7.11. The Hall–Kier alpha value is -2.78. The number of carbonyl (C=O) groups excluding carboxylic acids is 3. The van der Waals surface area contributed by atoms with Crippen LogP contribution < -0.4 is 9.64 Å². The molecule has 8 nitrogen and oxygen atoms in total. The number of hydrogen-bond donors (Lipinski definition) is 1. The monoisotopic (exact) mass is 525 g/mol. The van der Waals surface area contributed by atoms with Crippen LogP contribution >= 0.6 is 11.8 Å². The van der Waals surface area contributed by atoms with E-state index < -0.39 is 22.6 Å². The van der Waals surface area contributed by atoms with Crippen molar-refractivity contribution in [2.75, 3.05) is 37.7 Å². The normalized spacial score (nSPS) is 30.9. The Morgan fingerprint density at radius 3 is 2.51 bits per heavy atom. The molecule has 0 saturated carbocycles. The SMILES string of the molecule is CCOc1ccc(N2CC=C[C@@H]3S[C@]45C=CCN(C(C)C)C(=O)C4N(CCCO)C(=O)[C@@H]5[C@@H]3C2=O)cc1. The standard InChI is InChI=1S/C28H35N3O5S/c1-4-36-20-11-9-19(10-12-20)30-14-5-8-21-22(25(30)33)23-26(34)31(16-7-17-32)24-27(35)29(18(2)3)15-6-13-28(23,24)37-21/h5-6,8-13,18,21-24,32H,4,7,14-17H2,1-3H3/t21-,22+,23-,24?,28-/m0/s1. The van der Waals surface area contributed by atoms with E-state index in [4.69, 9.17) is 4.74 Å². The Bertz CT molecular complexity index is 1120. The summed E-state index contributed by atoms with van der Waals surface area (Å²) < 4.78 is 4.73. The average Bonchev–Trinajstić information content (AvgIpc) is 3.18. The number of aliphatic hydroxyl groups is 1. The van der Waals surface area contributed by atoms with Crippen molar-refractivity contribution in [3.8, 4) is 5.75 Å². The van der Waals surface area contributed by atoms with Gasteiger partial charge < -0.3 is 24.5 Å². The van der Waals surface area contributed by atoms with Gasteiger partial charge in [-0.3, -0.25) is 14.4 Å². The maximum absolute atomic E-state index is 14.2. The summed E-state index contributed by atoms with van der Waals surface area (Å²) in [6, 6.07) is 6.73. The number of hydrogen-bond acceptors (Lipinski definition) is 6. The highest BCUT2D eigenvalue weighted by molar-refractivity contribution is 8.02. The molecule has 0 aliphatic carbocycles. The molecule has 1 unspecified atom stereocenters. The third kappa shape index (κ3) is 4.16. The molecule has 9 heteroatoms. The summed E-state index contributed by atoms with van der Waals surface area (Å²) in [4.78, 5) is 47.4. The molecule has 3 amide bonds. The molecular weight excluding hydrogens is 490 g/mol. The minimum absolute atomic E-state index is 0.0188. The fourth-order valence-electron chi connectivity index (χ4n) is 6.22. The molecule has 1 aromatic carbocycles. The van der Waals surface area contributed by atoms with Crippen molar-refractivity contribution in [1.82, 2.24) is 9.80 Å². The molecular formula is C28H35N3O5S. The van der Waals surface area contributed by atoms with Crippen LogP contribution in [-0.2, 0) is 14.4 Å². The first kappa shape index (κ1) is 25.9. The molecule has 5 atom stereocenters. The van der Waals surface area contributed by atoms with E-state index in [0.29, 0.717) is 26.1 Å². The number of carbonyl (C=O) groups is 3. The van der Waals surface area contributed by atoms with E-state index in [2.05, 4.69) is 0 Å². The molecule has 4 heterocycles. The number of aliphatic hydroxyl groups excluding tert-OH is 1. The minimum Gasteiger partial charge on any atom is -0.494 e. The second-order valence-electron chi connectivity index (χ2n) is 10.2. The van der Waals surface area contributed by atoms with Gasteiger partial charge in [0.15, 0.2) is 0 Å². The van der Waals surface area contributed by atoms with Gasteiger partial charge >= 0.3 is 0 Å². The van der Waals surface area contributed by atoms with Crippen molar-refractivity contribution < 1.29 is 24.2 Å². The Morgan fingerprint density at radius 2 is 1.84 bits per heavy atom. The third-order valence-electron chi connectivity index (χ3n) is 7.83. The van der Waals surface area contributed by atoms with E-state index in [1.807, 2.05) is 69.3 Å². The number of rotatable bonds is 7. The average molecular weight is 526 g/mol. The van der Waals surface area contributed by atoms with E-state index in [1.165, 1.54) is 0 Å². The maximum Gasteiger partial charge on any atom is 0.247 e. The number of benzene rings is 1. The van der Waals surface area contributed by atoms with Gasteiger partial charge in [-0.05, 0) is 51.5 Å². The van der Waals surface area contributed by atoms with Gasteiger partial charge in [0.1, 0.15) is 11.8 Å². The summed E-state index contributed by atoms with van der Waals surface area (Å²) in [5.74, 6) is -0.862. The highest BCUT2D eigenvalue weighted by atomic mass is 32.2. The summed E-state index contributed by atoms with van der Waals surface area (Å²) in [5, 5.41) is 9.31. The highest BCUT2D eigenvalue weighted by Crippen LogP contribution is 2.61. The lowest BCUT2D eigenvalue weighted by molar-refractivity contribution is -0.143. The minimum atomic E-state index is -0.829. The smallest absolute Gasteiger partial charge is 0.247 e. The van der Waals surface area contributed by atoms with Crippen molar-refractivity contribution in [2.24, 2.45) is 11.8 Å². The zero-order valence-corrected chi connectivity index (χ0v) is 22.4. The topological polar surface area (TPSA) is 90.4 Å². The number of ether oxygens (including phenoxy) is 1. The van der Waals surface area contributed by atoms with Gasteiger partial charge in [-0.1, -0.05) is 24.3 Å². The molecule has 4 aliphatic rings. The fraction of sp³-hybridized carbons (Fsp3) is 0.536. The van der Waals surface area contributed by atoms with Crippen molar-refractivity contribution in [1.29, 1.82) is 0 Å². The maximum atomic E-state index is 14.2. The highest BCUT2D eigenvalue weighted by Gasteiger charge is 2.71. The van der Waals surface area contributed by atoms with E-state index in [0.717, 1.165) is 11.4 Å². The molecule has 37 heavy (non-hydrogen) atoms. The van der Waals surface area contributed by atoms with Crippen molar-refractivity contribution >= 4 is 35.2 Å². The largest absolute Gasteiger partial charge is 0.494 e. The molecule has 4 aliphatic heterocycles. The number of amides is 3. The van der Waals surface area contributed by atoms with E-state index in [-0.39, 0.29) is 42.2 Å². The van der Waals surface area contributed by atoms with E-state index in [1.54, 1.807) is 26.5 Å². The second kappa shape index (κ2) is 10.2. The van der Waals surface area contributed by atoms with Crippen LogP contribution in [0.3, 0.4) is 0 Å². The molecule has 1 spiro atoms. The summed E-state index contributed by atoms with van der Waals surface area (Å²) in [6.45, 7) is 7.54. The molecule has 0 aromatic heterocycles. The van der Waals surface area contributed by atoms with Crippen LogP contribution in [0.5, 0.6) is 5.75 Å². The van der Waals surface area contributed by atoms with Crippen LogP contribution in [0.25, 0.3) is 0 Å². The predicted molar refractivity (Wildman–Crippen MR) is 143 cm³/mol. The van der Waals surface area contributed by atoms with Crippen LogP contribution in [0.4, 0.5) is 5.69 Å². The lowest BCUT2D eigenvalue weighted by Gasteiger charge is -2.36. The van der Waals surface area contributed by atoms with E-state index >= 15 is 0 Å². The van der Waals surface area contributed by atoms with Gasteiger partial charge in [-0.25, -0.2) is 0 Å². The molecule has 0 bridgehead atoms. The molecule has 1 aromatic rings. The lowest BCUT2D eigenvalue weighted by atomic mass is 9.78. The van der Waals surface area contributed by atoms with Gasteiger partial charge in [0, 0.05) is 43.2 Å². The van der Waals surface area contributed by atoms with Crippen molar-refractivity contribution in [3.05, 3.63) is 48.6 Å². The Morgan fingerprint density at radius 1 is 1.08 bits per heavy atom. The Balaban J connectivity index is 1.54. The third-order valence-corrected chi connectivity index (χ3v) is 9.57. The summed E-state index contributed by atoms with van der Waals surface area (Å²) >= 11 is 1.58. The molecule has 0 radical (unpaired) electrons. The van der Waals surface area contributed by atoms with Crippen LogP contribution in [0.1, 0.15) is 27.2 Å². The van der Waals surface area contributed by atoms with Crippen molar-refractivity contribution in [3.63, 3.8) is 0 Å². The van der Waals surface area contributed by atoms with Gasteiger partial charge in [-0.15, -0.1) is 11.8 Å². The quantitative estimate of drug-likeness (QED) is 0.550. The number of likely N-dealkylation sites (tertiary alicyclic amines) is 1. The predicted octanol–water partition coefficient (Wildman–Crippen LogP) is 2.47. The van der Waals surface area contributed by atoms with E-state index in [9.17, 15) is 19.5 Å². The summed E-state index contributed by atoms with van der Waals surface area (Å²) in [7, 11) is 0. The van der Waals surface area contributed by atoms with Crippen LogP contribution in [-0.4, -0.2) is 87.6 Å². The van der Waals surface area contributed by atoms with Crippen LogP contribution in [0.15, 0.2) is 48.6 Å². The zero-order chi connectivity index (χ0) is 26.3. The van der Waals surface area contributed by atoms with Crippen molar-refractivity contribution in [2.45, 2.75) is 49.3 Å². The fourth-order valence-corrected chi connectivity index (χ4v) is 8.23. The van der Waals surface area contributed by atoms with Crippen LogP contribution in [0.2, 0.25) is 0 Å². The first-order chi connectivity index (χ1) is 17.8. The summed E-state index contributed by atoms with van der Waals surface area (Å²) in [5.41, 5.74) is 0.752. The number of anilines is 1. The molecule has 2 fully saturated rings. The lowest BCUT2D eigenvalue weighted by Crippen LogP contribution is -2.54. The first-order valence-corrected chi connectivity index (χ1v) is 14.0. The Labute approximate surface area is 222 Å². The molecule has 5 rings (SSSR count). The van der Waals surface area contributed by atoms with Gasteiger partial charge in [0.2, 0.25) is 17.7 Å². The van der Waals surface area contributed by atoms with Gasteiger partial charge in [0.05, 0.1) is 23.2 Å². The number of nitrogens with zero attached hydrogens (tertiary/aromatic N) is 3. The molecule has 1 N–H and O–H groups in total. The molecule has 198 valence electrons. The zero-order valence-electron chi connectivity index (χ0n) is 21.6. The van der Waals surface area contributed by atoms with Crippen LogP contribution in [0, 0.1) is 11.8 Å². The second-order valence-corrected chi connectivity index (χ2v) is 11.7. The number of thioether (sulfide) groups is 1. The summed E-state index contributed by atoms with van der Waals surface area (Å²) in [6.07, 6.45) is 8.44.